The number of ether oxygens (including phenoxy) is 2. The quantitative estimate of drug-likeness (QED) is 0.766. The third kappa shape index (κ3) is 4.76. The summed E-state index contributed by atoms with van der Waals surface area (Å²) in [6.07, 6.45) is 0.0649. The molecule has 0 fully saturated rings. The zero-order valence-corrected chi connectivity index (χ0v) is 12.9. The van der Waals surface area contributed by atoms with E-state index < -0.39 is 0 Å². The molecule has 0 radical (unpaired) electrons. The summed E-state index contributed by atoms with van der Waals surface area (Å²) in [7, 11) is 0. The zero-order chi connectivity index (χ0) is 13.0. The SMILES string of the molecule is CC(C)COc1cc(Br)cc(Cl)c1OC(C)C. The molecule has 0 heterocycles. The molecule has 0 unspecified atom stereocenters. The van der Waals surface area contributed by atoms with Crippen LogP contribution in [0.3, 0.4) is 0 Å². The molecule has 0 saturated heterocycles. The average molecular weight is 322 g/mol. The Labute approximate surface area is 116 Å². The Bertz CT molecular complexity index is 378. The van der Waals surface area contributed by atoms with Gasteiger partial charge >= 0.3 is 0 Å². The predicted octanol–water partition coefficient (Wildman–Crippen LogP) is 4.92. The van der Waals surface area contributed by atoms with Crippen molar-refractivity contribution in [3.63, 3.8) is 0 Å². The fourth-order valence-corrected chi connectivity index (χ4v) is 2.07. The van der Waals surface area contributed by atoms with Gasteiger partial charge in [-0.25, -0.2) is 0 Å². The Hall–Kier alpha value is -0.410. The number of halogens is 2. The molecule has 0 aromatic heterocycles. The van der Waals surface area contributed by atoms with Gasteiger partial charge in [0.15, 0.2) is 11.5 Å². The maximum absolute atomic E-state index is 6.16. The maximum Gasteiger partial charge on any atom is 0.180 e. The Morgan fingerprint density at radius 2 is 1.88 bits per heavy atom. The second-order valence-electron chi connectivity index (χ2n) is 4.59. The van der Waals surface area contributed by atoms with Gasteiger partial charge in [-0.15, -0.1) is 0 Å². The van der Waals surface area contributed by atoms with Crippen LogP contribution in [0.2, 0.25) is 5.02 Å². The highest BCUT2D eigenvalue weighted by Gasteiger charge is 2.13. The van der Waals surface area contributed by atoms with Crippen molar-refractivity contribution in [3.8, 4) is 11.5 Å². The minimum atomic E-state index is 0.0649. The van der Waals surface area contributed by atoms with Crippen LogP contribution in [0.4, 0.5) is 0 Å². The summed E-state index contributed by atoms with van der Waals surface area (Å²) in [5.41, 5.74) is 0. The van der Waals surface area contributed by atoms with Gasteiger partial charge in [0.05, 0.1) is 17.7 Å². The minimum absolute atomic E-state index is 0.0649. The van der Waals surface area contributed by atoms with E-state index in [1.54, 1.807) is 0 Å². The van der Waals surface area contributed by atoms with E-state index >= 15 is 0 Å². The van der Waals surface area contributed by atoms with E-state index in [9.17, 15) is 0 Å². The first kappa shape index (κ1) is 14.7. The van der Waals surface area contributed by atoms with Gasteiger partial charge in [0.25, 0.3) is 0 Å². The molecule has 1 rings (SSSR count). The van der Waals surface area contributed by atoms with Gasteiger partial charge in [-0.1, -0.05) is 41.4 Å². The van der Waals surface area contributed by atoms with E-state index in [2.05, 4.69) is 29.8 Å². The molecule has 0 atom stereocenters. The van der Waals surface area contributed by atoms with Gasteiger partial charge < -0.3 is 9.47 Å². The number of rotatable bonds is 5. The van der Waals surface area contributed by atoms with Crippen LogP contribution in [0.5, 0.6) is 11.5 Å². The van der Waals surface area contributed by atoms with Gasteiger partial charge in [0.2, 0.25) is 0 Å². The smallest absolute Gasteiger partial charge is 0.180 e. The van der Waals surface area contributed by atoms with Gasteiger partial charge in [-0.2, -0.15) is 0 Å². The van der Waals surface area contributed by atoms with Crippen LogP contribution < -0.4 is 9.47 Å². The molecular formula is C13H18BrClO2. The number of hydrogen-bond donors (Lipinski definition) is 0. The number of benzene rings is 1. The summed E-state index contributed by atoms with van der Waals surface area (Å²) in [5.74, 6) is 1.76. The minimum Gasteiger partial charge on any atom is -0.489 e. The first-order valence-corrected chi connectivity index (χ1v) is 6.85. The molecule has 4 heteroatoms. The molecular weight excluding hydrogens is 303 g/mol. The lowest BCUT2D eigenvalue weighted by molar-refractivity contribution is 0.212. The Kier molecular flexibility index (Phi) is 5.60. The Morgan fingerprint density at radius 1 is 1.24 bits per heavy atom. The highest BCUT2D eigenvalue weighted by Crippen LogP contribution is 2.39. The van der Waals surface area contributed by atoms with Crippen LogP contribution in [-0.4, -0.2) is 12.7 Å². The third-order valence-electron chi connectivity index (χ3n) is 1.90. The van der Waals surface area contributed by atoms with Crippen molar-refractivity contribution in [1.82, 2.24) is 0 Å². The molecule has 17 heavy (non-hydrogen) atoms. The van der Waals surface area contributed by atoms with E-state index in [0.717, 1.165) is 4.47 Å². The van der Waals surface area contributed by atoms with Crippen molar-refractivity contribution in [2.24, 2.45) is 5.92 Å². The fraction of sp³-hybridized carbons (Fsp3) is 0.538. The van der Waals surface area contributed by atoms with Crippen molar-refractivity contribution >= 4 is 27.5 Å². The van der Waals surface area contributed by atoms with Gasteiger partial charge in [-0.05, 0) is 31.9 Å². The molecule has 0 aliphatic carbocycles. The summed E-state index contributed by atoms with van der Waals surface area (Å²) in [6, 6.07) is 3.69. The highest BCUT2D eigenvalue weighted by atomic mass is 79.9. The van der Waals surface area contributed by atoms with E-state index in [1.165, 1.54) is 0 Å². The van der Waals surface area contributed by atoms with E-state index in [4.69, 9.17) is 21.1 Å². The summed E-state index contributed by atoms with van der Waals surface area (Å²) in [5, 5.41) is 0.562. The first-order valence-electron chi connectivity index (χ1n) is 5.68. The Balaban J connectivity index is 2.98. The first-order chi connectivity index (χ1) is 7.90. The molecule has 1 aromatic carbocycles. The van der Waals surface area contributed by atoms with Crippen LogP contribution in [-0.2, 0) is 0 Å². The maximum atomic E-state index is 6.16. The number of hydrogen-bond acceptors (Lipinski definition) is 2. The molecule has 0 spiro atoms. The van der Waals surface area contributed by atoms with Crippen molar-refractivity contribution in [2.45, 2.75) is 33.8 Å². The summed E-state index contributed by atoms with van der Waals surface area (Å²) < 4.78 is 12.3. The second kappa shape index (κ2) is 6.50. The monoisotopic (exact) mass is 320 g/mol. The van der Waals surface area contributed by atoms with Crippen molar-refractivity contribution < 1.29 is 9.47 Å². The lowest BCUT2D eigenvalue weighted by atomic mass is 10.2. The van der Waals surface area contributed by atoms with Crippen LogP contribution in [0.25, 0.3) is 0 Å². The van der Waals surface area contributed by atoms with E-state index in [-0.39, 0.29) is 6.10 Å². The molecule has 0 aliphatic heterocycles. The third-order valence-corrected chi connectivity index (χ3v) is 2.64. The van der Waals surface area contributed by atoms with Crippen LogP contribution in [0, 0.1) is 5.92 Å². The van der Waals surface area contributed by atoms with Crippen LogP contribution in [0.1, 0.15) is 27.7 Å². The molecule has 1 aromatic rings. The molecule has 0 aliphatic rings. The molecule has 2 nitrogen and oxygen atoms in total. The molecule has 0 saturated carbocycles. The lowest BCUT2D eigenvalue weighted by Gasteiger charge is -2.17. The standard InChI is InChI=1S/C13H18BrClO2/c1-8(2)7-16-12-6-10(14)5-11(15)13(12)17-9(3)4/h5-6,8-9H,7H2,1-4H3. The lowest BCUT2D eigenvalue weighted by Crippen LogP contribution is -2.10. The fourth-order valence-electron chi connectivity index (χ4n) is 1.25. The predicted molar refractivity (Wildman–Crippen MR) is 75.2 cm³/mol. The highest BCUT2D eigenvalue weighted by molar-refractivity contribution is 9.10. The van der Waals surface area contributed by atoms with Crippen molar-refractivity contribution in [3.05, 3.63) is 21.6 Å². The second-order valence-corrected chi connectivity index (χ2v) is 5.91. The van der Waals surface area contributed by atoms with E-state index in [1.807, 2.05) is 26.0 Å². The van der Waals surface area contributed by atoms with Crippen LogP contribution >= 0.6 is 27.5 Å². The van der Waals surface area contributed by atoms with Gasteiger partial charge in [-0.3, -0.25) is 0 Å². The summed E-state index contributed by atoms with van der Waals surface area (Å²) in [4.78, 5) is 0. The normalized spacial score (nSPS) is 11.1. The summed E-state index contributed by atoms with van der Waals surface area (Å²) >= 11 is 9.56. The van der Waals surface area contributed by atoms with Crippen LogP contribution in [0.15, 0.2) is 16.6 Å². The zero-order valence-electron chi connectivity index (χ0n) is 10.6. The topological polar surface area (TPSA) is 18.5 Å². The van der Waals surface area contributed by atoms with Gasteiger partial charge in [0.1, 0.15) is 0 Å². The molecule has 0 N–H and O–H groups in total. The molecule has 96 valence electrons. The molecule has 0 amide bonds. The van der Waals surface area contributed by atoms with Crippen molar-refractivity contribution in [2.75, 3.05) is 6.61 Å². The van der Waals surface area contributed by atoms with Gasteiger partial charge in [0, 0.05) is 4.47 Å². The Morgan fingerprint density at radius 3 is 2.41 bits per heavy atom. The molecule has 0 bridgehead atoms. The van der Waals surface area contributed by atoms with Crippen molar-refractivity contribution in [1.29, 1.82) is 0 Å². The van der Waals surface area contributed by atoms with E-state index in [0.29, 0.717) is 29.0 Å². The largest absolute Gasteiger partial charge is 0.489 e. The average Bonchev–Trinajstić information content (AvgIpc) is 2.18. The summed E-state index contributed by atoms with van der Waals surface area (Å²) in [6.45, 7) is 8.77.